The highest BCUT2D eigenvalue weighted by Crippen LogP contribution is 2.40. The van der Waals surface area contributed by atoms with Crippen molar-refractivity contribution in [2.45, 2.75) is 25.7 Å². The van der Waals surface area contributed by atoms with Gasteiger partial charge in [-0.15, -0.1) is 0 Å². The van der Waals surface area contributed by atoms with E-state index >= 15 is 0 Å². The Labute approximate surface area is 106 Å². The maximum atomic E-state index is 11.2. The topological polar surface area (TPSA) is 46.9 Å². The van der Waals surface area contributed by atoms with Crippen molar-refractivity contribution >= 4 is 11.7 Å². The molecule has 1 aromatic heterocycles. The molecule has 0 unspecified atom stereocenters. The van der Waals surface area contributed by atoms with Gasteiger partial charge in [0.2, 0.25) is 5.91 Å². The second kappa shape index (κ2) is 4.29. The van der Waals surface area contributed by atoms with E-state index in [1.54, 1.807) is 4.68 Å². The summed E-state index contributed by atoms with van der Waals surface area (Å²) in [4.78, 5) is 11.2. The summed E-state index contributed by atoms with van der Waals surface area (Å²) in [5.41, 5.74) is 2.04. The van der Waals surface area contributed by atoms with E-state index in [-0.39, 0.29) is 5.91 Å². The number of carbonyl (C=O) groups is 1. The lowest BCUT2D eigenvalue weighted by Crippen LogP contribution is -2.10. The maximum absolute atomic E-state index is 11.2. The van der Waals surface area contributed by atoms with Gasteiger partial charge in [-0.2, -0.15) is 5.10 Å². The molecule has 1 fully saturated rings. The summed E-state index contributed by atoms with van der Waals surface area (Å²) in [6.07, 6.45) is 2.40. The monoisotopic (exact) mass is 241 g/mol. The molecule has 1 heterocycles. The maximum Gasteiger partial charge on any atom is 0.222 e. The van der Waals surface area contributed by atoms with E-state index in [1.807, 2.05) is 36.4 Å². The minimum atomic E-state index is -0.0746. The van der Waals surface area contributed by atoms with Gasteiger partial charge in [0.25, 0.3) is 0 Å². The van der Waals surface area contributed by atoms with Crippen LogP contribution < -0.4 is 5.32 Å². The van der Waals surface area contributed by atoms with Crippen molar-refractivity contribution in [3.8, 4) is 5.69 Å². The standard InChI is InChI=1S/C14H15N3O/c1-10(18)15-14-9-13(11-7-8-11)16-17(14)12-5-3-2-4-6-12/h2-6,9,11H,7-8H2,1H3,(H,15,18). The first-order valence-corrected chi connectivity index (χ1v) is 6.17. The quantitative estimate of drug-likeness (QED) is 0.898. The number of amides is 1. The second-order valence-electron chi connectivity index (χ2n) is 4.66. The molecule has 1 aliphatic carbocycles. The third-order valence-corrected chi connectivity index (χ3v) is 3.03. The summed E-state index contributed by atoms with van der Waals surface area (Å²) < 4.78 is 1.80. The van der Waals surface area contributed by atoms with Crippen LogP contribution in [-0.4, -0.2) is 15.7 Å². The van der Waals surface area contributed by atoms with Crippen LogP contribution in [0.3, 0.4) is 0 Å². The largest absolute Gasteiger partial charge is 0.311 e. The molecular weight excluding hydrogens is 226 g/mol. The molecule has 0 saturated heterocycles. The molecule has 92 valence electrons. The van der Waals surface area contributed by atoms with E-state index in [0.29, 0.717) is 5.92 Å². The van der Waals surface area contributed by atoms with Gasteiger partial charge in [0.05, 0.1) is 11.4 Å². The van der Waals surface area contributed by atoms with Crippen molar-refractivity contribution in [2.24, 2.45) is 0 Å². The minimum Gasteiger partial charge on any atom is -0.311 e. The van der Waals surface area contributed by atoms with Crippen LogP contribution >= 0.6 is 0 Å². The molecule has 1 aromatic carbocycles. The van der Waals surface area contributed by atoms with E-state index in [4.69, 9.17) is 0 Å². The molecule has 4 nitrogen and oxygen atoms in total. The molecule has 1 N–H and O–H groups in total. The Balaban J connectivity index is 2.02. The van der Waals surface area contributed by atoms with Gasteiger partial charge in [0.1, 0.15) is 5.82 Å². The fourth-order valence-electron chi connectivity index (χ4n) is 2.01. The molecule has 1 amide bonds. The van der Waals surface area contributed by atoms with Crippen LogP contribution in [0, 0.1) is 0 Å². The molecule has 18 heavy (non-hydrogen) atoms. The van der Waals surface area contributed by atoms with Gasteiger partial charge < -0.3 is 5.32 Å². The molecule has 0 atom stereocenters. The minimum absolute atomic E-state index is 0.0746. The summed E-state index contributed by atoms with van der Waals surface area (Å²) in [5, 5.41) is 7.43. The molecular formula is C14H15N3O. The van der Waals surface area contributed by atoms with Crippen molar-refractivity contribution in [3.63, 3.8) is 0 Å². The average molecular weight is 241 g/mol. The lowest BCUT2D eigenvalue weighted by molar-refractivity contribution is -0.114. The Bertz CT molecular complexity index is 570. The molecule has 0 aliphatic heterocycles. The van der Waals surface area contributed by atoms with Gasteiger partial charge in [-0.1, -0.05) is 18.2 Å². The van der Waals surface area contributed by atoms with Gasteiger partial charge in [-0.05, 0) is 25.0 Å². The van der Waals surface area contributed by atoms with Crippen molar-refractivity contribution in [3.05, 3.63) is 42.1 Å². The Morgan fingerprint density at radius 1 is 1.33 bits per heavy atom. The van der Waals surface area contributed by atoms with Crippen LogP contribution in [0.2, 0.25) is 0 Å². The fraction of sp³-hybridized carbons (Fsp3) is 0.286. The average Bonchev–Trinajstić information content (AvgIpc) is 3.12. The van der Waals surface area contributed by atoms with Crippen molar-refractivity contribution < 1.29 is 4.79 Å². The van der Waals surface area contributed by atoms with Gasteiger partial charge in [-0.25, -0.2) is 4.68 Å². The normalized spacial score (nSPS) is 14.5. The molecule has 4 heteroatoms. The fourth-order valence-corrected chi connectivity index (χ4v) is 2.01. The van der Waals surface area contributed by atoms with Gasteiger partial charge in [-0.3, -0.25) is 4.79 Å². The number of hydrogen-bond donors (Lipinski definition) is 1. The number of carbonyl (C=O) groups excluding carboxylic acids is 1. The van der Waals surface area contributed by atoms with Crippen LogP contribution in [0.1, 0.15) is 31.4 Å². The smallest absolute Gasteiger partial charge is 0.222 e. The van der Waals surface area contributed by atoms with Crippen molar-refractivity contribution in [1.29, 1.82) is 0 Å². The summed E-state index contributed by atoms with van der Waals surface area (Å²) in [7, 11) is 0. The zero-order valence-corrected chi connectivity index (χ0v) is 10.3. The summed E-state index contributed by atoms with van der Waals surface area (Å²) in [5.74, 6) is 1.24. The van der Waals surface area contributed by atoms with E-state index in [2.05, 4.69) is 10.4 Å². The number of nitrogens with zero attached hydrogens (tertiary/aromatic N) is 2. The summed E-state index contributed by atoms with van der Waals surface area (Å²) in [6.45, 7) is 1.51. The van der Waals surface area contributed by atoms with E-state index in [0.717, 1.165) is 17.2 Å². The van der Waals surface area contributed by atoms with Crippen LogP contribution in [0.4, 0.5) is 5.82 Å². The van der Waals surface area contributed by atoms with Crippen molar-refractivity contribution in [2.75, 3.05) is 5.32 Å². The number of rotatable bonds is 3. The second-order valence-corrected chi connectivity index (χ2v) is 4.66. The zero-order chi connectivity index (χ0) is 12.5. The summed E-state index contributed by atoms with van der Waals surface area (Å²) >= 11 is 0. The third kappa shape index (κ3) is 2.14. The lowest BCUT2D eigenvalue weighted by Gasteiger charge is -2.06. The number of nitrogens with one attached hydrogen (secondary N) is 1. The highest BCUT2D eigenvalue weighted by molar-refractivity contribution is 5.88. The van der Waals surface area contributed by atoms with E-state index in [9.17, 15) is 4.79 Å². The van der Waals surface area contributed by atoms with Crippen LogP contribution in [0.15, 0.2) is 36.4 Å². The number of benzene rings is 1. The number of para-hydroxylation sites is 1. The molecule has 2 aromatic rings. The van der Waals surface area contributed by atoms with Crippen LogP contribution in [-0.2, 0) is 4.79 Å². The zero-order valence-electron chi connectivity index (χ0n) is 10.3. The lowest BCUT2D eigenvalue weighted by atomic mass is 10.3. The Kier molecular flexibility index (Phi) is 2.63. The highest BCUT2D eigenvalue weighted by Gasteiger charge is 2.27. The molecule has 1 aliphatic rings. The van der Waals surface area contributed by atoms with Gasteiger partial charge in [0.15, 0.2) is 0 Å². The Morgan fingerprint density at radius 2 is 2.06 bits per heavy atom. The van der Waals surface area contributed by atoms with E-state index < -0.39 is 0 Å². The van der Waals surface area contributed by atoms with Crippen LogP contribution in [0.5, 0.6) is 0 Å². The molecule has 0 spiro atoms. The highest BCUT2D eigenvalue weighted by atomic mass is 16.1. The number of anilines is 1. The number of hydrogen-bond acceptors (Lipinski definition) is 2. The summed E-state index contributed by atoms with van der Waals surface area (Å²) in [6, 6.07) is 11.8. The molecule has 3 rings (SSSR count). The van der Waals surface area contributed by atoms with Crippen LogP contribution in [0.25, 0.3) is 5.69 Å². The molecule has 0 bridgehead atoms. The predicted octanol–water partition coefficient (Wildman–Crippen LogP) is 2.71. The first-order valence-electron chi connectivity index (χ1n) is 6.17. The molecule has 1 saturated carbocycles. The predicted molar refractivity (Wildman–Crippen MR) is 69.8 cm³/mol. The van der Waals surface area contributed by atoms with Crippen molar-refractivity contribution in [1.82, 2.24) is 9.78 Å². The first kappa shape index (κ1) is 11.0. The van der Waals surface area contributed by atoms with Gasteiger partial charge >= 0.3 is 0 Å². The first-order chi connectivity index (χ1) is 8.74. The molecule has 0 radical (unpaired) electrons. The van der Waals surface area contributed by atoms with E-state index in [1.165, 1.54) is 19.8 Å². The number of aromatic nitrogens is 2. The SMILES string of the molecule is CC(=O)Nc1cc(C2CC2)nn1-c1ccccc1. The third-order valence-electron chi connectivity index (χ3n) is 3.03. The van der Waals surface area contributed by atoms with Gasteiger partial charge in [0, 0.05) is 18.9 Å². The Morgan fingerprint density at radius 3 is 2.67 bits per heavy atom. The Hall–Kier alpha value is -2.10.